The number of nitrogens with one attached hydrogen (secondary N) is 1. The third kappa shape index (κ3) is 5.58. The topological polar surface area (TPSA) is 12.0 Å². The van der Waals surface area contributed by atoms with Crippen LogP contribution in [0.3, 0.4) is 0 Å². The van der Waals surface area contributed by atoms with Crippen molar-refractivity contribution in [1.82, 2.24) is 5.32 Å². The second-order valence-corrected chi connectivity index (χ2v) is 8.54. The van der Waals surface area contributed by atoms with Crippen LogP contribution in [-0.4, -0.2) is 6.54 Å². The molecule has 0 unspecified atom stereocenters. The zero-order valence-corrected chi connectivity index (χ0v) is 17.3. The number of hydrogen-bond donors (Lipinski definition) is 1. The first kappa shape index (κ1) is 20.5. The summed E-state index contributed by atoms with van der Waals surface area (Å²) in [7, 11) is 0. The van der Waals surface area contributed by atoms with E-state index >= 15 is 0 Å². The Morgan fingerprint density at radius 1 is 0.920 bits per heavy atom. The number of rotatable bonds is 12. The number of benzene rings is 1. The Labute approximate surface area is 157 Å². The maximum atomic E-state index is 3.70. The van der Waals surface area contributed by atoms with Gasteiger partial charge in [0.25, 0.3) is 0 Å². The fourth-order valence-electron chi connectivity index (χ4n) is 4.55. The molecule has 2 rings (SSSR count). The molecule has 0 heterocycles. The second kappa shape index (κ2) is 9.76. The molecule has 0 radical (unpaired) electrons. The van der Waals surface area contributed by atoms with E-state index in [4.69, 9.17) is 0 Å². The summed E-state index contributed by atoms with van der Waals surface area (Å²) in [6.45, 7) is 11.5. The van der Waals surface area contributed by atoms with Crippen LogP contribution in [0.5, 0.6) is 0 Å². The Hall–Kier alpha value is -0.820. The normalized spacial score (nSPS) is 16.6. The van der Waals surface area contributed by atoms with Crippen LogP contribution < -0.4 is 5.32 Å². The van der Waals surface area contributed by atoms with E-state index in [0.717, 1.165) is 13.1 Å². The Morgan fingerprint density at radius 2 is 1.52 bits per heavy atom. The van der Waals surface area contributed by atoms with Crippen LogP contribution in [0, 0.1) is 10.8 Å². The van der Waals surface area contributed by atoms with Crippen LogP contribution in [0.4, 0.5) is 0 Å². The molecule has 1 heteroatoms. The molecule has 1 aliphatic rings. The Kier molecular flexibility index (Phi) is 8.00. The lowest BCUT2D eigenvalue weighted by atomic mass is 9.64. The molecule has 142 valence electrons. The van der Waals surface area contributed by atoms with Gasteiger partial charge in [0.05, 0.1) is 0 Å². The molecule has 1 saturated carbocycles. The summed E-state index contributed by atoms with van der Waals surface area (Å²) >= 11 is 0. The fraction of sp³-hybridized carbons (Fsp3) is 0.750. The summed E-state index contributed by atoms with van der Waals surface area (Å²) in [6, 6.07) is 9.35. The molecular weight excluding hydrogens is 302 g/mol. The molecule has 1 fully saturated rings. The van der Waals surface area contributed by atoms with Gasteiger partial charge in [-0.15, -0.1) is 0 Å². The lowest BCUT2D eigenvalue weighted by Crippen LogP contribution is -2.32. The first-order chi connectivity index (χ1) is 12.1. The third-order valence-corrected chi connectivity index (χ3v) is 7.44. The second-order valence-electron chi connectivity index (χ2n) is 8.54. The molecule has 25 heavy (non-hydrogen) atoms. The van der Waals surface area contributed by atoms with E-state index in [2.05, 4.69) is 57.3 Å². The molecule has 1 aromatic rings. The van der Waals surface area contributed by atoms with E-state index in [1.54, 1.807) is 0 Å². The van der Waals surface area contributed by atoms with Crippen LogP contribution in [0.25, 0.3) is 0 Å². The Morgan fingerprint density at radius 3 is 2.00 bits per heavy atom. The molecule has 1 aliphatic carbocycles. The van der Waals surface area contributed by atoms with Gasteiger partial charge in [-0.3, -0.25) is 0 Å². The van der Waals surface area contributed by atoms with Gasteiger partial charge in [0.2, 0.25) is 0 Å². The lowest BCUT2D eigenvalue weighted by molar-refractivity contribution is 0.110. The summed E-state index contributed by atoms with van der Waals surface area (Å²) in [5, 5.41) is 3.70. The van der Waals surface area contributed by atoms with E-state index < -0.39 is 0 Å². The van der Waals surface area contributed by atoms with Crippen molar-refractivity contribution in [2.24, 2.45) is 10.8 Å². The van der Waals surface area contributed by atoms with Crippen molar-refractivity contribution in [3.8, 4) is 0 Å². The van der Waals surface area contributed by atoms with Crippen LogP contribution in [0.15, 0.2) is 24.3 Å². The standard InChI is InChI=1S/C24H41N/c1-5-23(6-2,7-3)20-25-19-22-14-12-21(13-15-22)11-9-16-24(8-4)17-10-18-24/h12-15,25H,5-11,16-20H2,1-4H3. The molecule has 1 nitrogen and oxygen atoms in total. The predicted octanol–water partition coefficient (Wildman–Crippen LogP) is 6.90. The van der Waals surface area contributed by atoms with Crippen molar-refractivity contribution in [2.75, 3.05) is 6.54 Å². The molecule has 0 spiro atoms. The third-order valence-electron chi connectivity index (χ3n) is 7.44. The van der Waals surface area contributed by atoms with E-state index in [1.165, 1.54) is 75.3 Å². The van der Waals surface area contributed by atoms with E-state index in [0.29, 0.717) is 10.8 Å². The first-order valence-electron chi connectivity index (χ1n) is 10.9. The molecule has 0 aromatic heterocycles. The fourth-order valence-corrected chi connectivity index (χ4v) is 4.55. The zero-order valence-electron chi connectivity index (χ0n) is 17.3. The largest absolute Gasteiger partial charge is 0.312 e. The van der Waals surface area contributed by atoms with Crippen LogP contribution >= 0.6 is 0 Å². The summed E-state index contributed by atoms with van der Waals surface area (Å²) in [4.78, 5) is 0. The molecule has 0 amide bonds. The highest BCUT2D eigenvalue weighted by atomic mass is 14.9. The number of hydrogen-bond acceptors (Lipinski definition) is 1. The van der Waals surface area contributed by atoms with Crippen LogP contribution in [0.1, 0.15) is 96.6 Å². The number of aryl methyl sites for hydroxylation is 1. The predicted molar refractivity (Wildman–Crippen MR) is 111 cm³/mol. The lowest BCUT2D eigenvalue weighted by Gasteiger charge is -2.41. The SMILES string of the molecule is CCC1(CCCc2ccc(CNCC(CC)(CC)CC)cc2)CCC1. The van der Waals surface area contributed by atoms with Gasteiger partial charge in [0.1, 0.15) is 0 Å². The Balaban J connectivity index is 1.72. The minimum absolute atomic E-state index is 0.483. The van der Waals surface area contributed by atoms with Gasteiger partial charge < -0.3 is 5.32 Å². The van der Waals surface area contributed by atoms with Gasteiger partial charge in [-0.1, -0.05) is 64.8 Å². The smallest absolute Gasteiger partial charge is 0.0205 e. The van der Waals surface area contributed by atoms with E-state index in [-0.39, 0.29) is 0 Å². The highest BCUT2D eigenvalue weighted by Gasteiger charge is 2.33. The van der Waals surface area contributed by atoms with Crippen molar-refractivity contribution in [3.05, 3.63) is 35.4 Å². The average Bonchev–Trinajstić information content (AvgIpc) is 2.63. The highest BCUT2D eigenvalue weighted by molar-refractivity contribution is 5.22. The van der Waals surface area contributed by atoms with Gasteiger partial charge in [0, 0.05) is 13.1 Å². The van der Waals surface area contributed by atoms with Gasteiger partial charge in [-0.25, -0.2) is 0 Å². The van der Waals surface area contributed by atoms with E-state index in [1.807, 2.05) is 0 Å². The van der Waals surface area contributed by atoms with Crippen LogP contribution in [0.2, 0.25) is 0 Å². The van der Waals surface area contributed by atoms with Crippen molar-refractivity contribution in [3.63, 3.8) is 0 Å². The van der Waals surface area contributed by atoms with Crippen LogP contribution in [-0.2, 0) is 13.0 Å². The molecule has 0 atom stereocenters. The summed E-state index contributed by atoms with van der Waals surface area (Å²) in [6.07, 6.45) is 13.6. The molecule has 1 aromatic carbocycles. The monoisotopic (exact) mass is 343 g/mol. The zero-order chi connectivity index (χ0) is 18.2. The van der Waals surface area contributed by atoms with Gasteiger partial charge >= 0.3 is 0 Å². The molecular formula is C24H41N. The maximum absolute atomic E-state index is 3.70. The quantitative estimate of drug-likeness (QED) is 0.435. The van der Waals surface area contributed by atoms with Gasteiger partial charge in [-0.05, 0) is 73.3 Å². The van der Waals surface area contributed by atoms with Crippen molar-refractivity contribution in [1.29, 1.82) is 0 Å². The summed E-state index contributed by atoms with van der Waals surface area (Å²) < 4.78 is 0. The molecule has 0 bridgehead atoms. The summed E-state index contributed by atoms with van der Waals surface area (Å²) in [5.74, 6) is 0. The van der Waals surface area contributed by atoms with E-state index in [9.17, 15) is 0 Å². The molecule has 0 saturated heterocycles. The van der Waals surface area contributed by atoms with Crippen molar-refractivity contribution in [2.45, 2.75) is 98.4 Å². The van der Waals surface area contributed by atoms with Gasteiger partial charge in [-0.2, -0.15) is 0 Å². The average molecular weight is 344 g/mol. The van der Waals surface area contributed by atoms with Gasteiger partial charge in [0.15, 0.2) is 0 Å². The minimum atomic E-state index is 0.483. The van der Waals surface area contributed by atoms with Crippen molar-refractivity contribution >= 4 is 0 Å². The summed E-state index contributed by atoms with van der Waals surface area (Å²) in [5.41, 5.74) is 4.13. The minimum Gasteiger partial charge on any atom is -0.312 e. The maximum Gasteiger partial charge on any atom is 0.0205 e. The first-order valence-corrected chi connectivity index (χ1v) is 10.9. The highest BCUT2D eigenvalue weighted by Crippen LogP contribution is 2.47. The van der Waals surface area contributed by atoms with Crippen molar-refractivity contribution < 1.29 is 0 Å². The molecule has 1 N–H and O–H groups in total. The Bertz CT molecular complexity index is 466. The molecule has 0 aliphatic heterocycles.